The van der Waals surface area contributed by atoms with Gasteiger partial charge in [-0.15, -0.1) is 6.42 Å². The summed E-state index contributed by atoms with van der Waals surface area (Å²) in [5.41, 5.74) is 0. The van der Waals surface area contributed by atoms with E-state index in [4.69, 9.17) is 5.14 Å². The molecule has 0 aliphatic carbocycles. The Morgan fingerprint density at radius 3 is 2.25 bits per heavy atom. The van der Waals surface area contributed by atoms with Crippen LogP contribution in [0.25, 0.3) is 0 Å². The summed E-state index contributed by atoms with van der Waals surface area (Å²) in [5.74, 6) is 0. The summed E-state index contributed by atoms with van der Waals surface area (Å²) in [7, 11) is 0. The highest BCUT2D eigenvalue weighted by molar-refractivity contribution is 8.01. The molecular formula is C2H3NS. The Morgan fingerprint density at radius 2 is 2.25 bits per heavy atom. The predicted octanol–water partition coefficient (Wildman–Crippen LogP) is 0.184. The Balaban J connectivity index is 2.43. The first-order chi connectivity index (χ1) is 1.91. The molecule has 0 aromatic heterocycles. The second-order valence-corrected chi connectivity index (χ2v) is 0.707. The zero-order valence-corrected chi connectivity index (χ0v) is 2.88. The van der Waals surface area contributed by atoms with Gasteiger partial charge in [0.2, 0.25) is 0 Å². The highest BCUT2D eigenvalue weighted by Gasteiger charge is 1.42. The van der Waals surface area contributed by atoms with Gasteiger partial charge in [-0.25, -0.2) is 0 Å². The van der Waals surface area contributed by atoms with E-state index >= 15 is 0 Å². The van der Waals surface area contributed by atoms with Crippen LogP contribution in [0, 0.1) is 11.7 Å². The molecule has 0 bridgehead atoms. The van der Waals surface area contributed by atoms with Gasteiger partial charge in [-0.1, -0.05) is 0 Å². The average Bonchev–Trinajstić information content (AvgIpc) is 1.37. The summed E-state index contributed by atoms with van der Waals surface area (Å²) in [6.07, 6.45) is 4.62. The first-order valence-electron chi connectivity index (χ1n) is 0.729. The third-order valence-electron chi connectivity index (χ3n) is 0.0680. The summed E-state index contributed by atoms with van der Waals surface area (Å²) in [5, 5.41) is 6.83. The van der Waals surface area contributed by atoms with Gasteiger partial charge >= 0.3 is 0 Å². The highest BCUT2D eigenvalue weighted by atomic mass is 32.2. The Hall–Kier alpha value is -0.130. The lowest BCUT2D eigenvalue weighted by Crippen LogP contribution is -1.64. The predicted molar refractivity (Wildman–Crippen MR) is 20.6 cm³/mol. The molecule has 0 spiro atoms. The lowest BCUT2D eigenvalue weighted by atomic mass is 11.4. The molecule has 0 amide bonds. The Bertz CT molecular complexity index is 35.8. The van der Waals surface area contributed by atoms with Crippen molar-refractivity contribution in [3.05, 3.63) is 0 Å². The van der Waals surface area contributed by atoms with Gasteiger partial charge < -0.3 is 0 Å². The molecule has 4 heavy (non-hydrogen) atoms. The van der Waals surface area contributed by atoms with Crippen LogP contribution in [0.3, 0.4) is 0 Å². The maximum absolute atomic E-state index is 4.71. The summed E-state index contributed by atoms with van der Waals surface area (Å²) >= 11 is 0.884. The average molecular weight is 73.1 g/mol. The fourth-order valence-electron chi connectivity index (χ4n) is 0. The lowest BCUT2D eigenvalue weighted by molar-refractivity contribution is 2.06. The van der Waals surface area contributed by atoms with Crippen LogP contribution in [0.4, 0.5) is 0 Å². The second kappa shape index (κ2) is 2.87. The number of nitrogens with two attached hydrogens (primary N) is 1. The fraction of sp³-hybridized carbons (Fsp3) is 0. The minimum atomic E-state index is 0.884. The van der Waals surface area contributed by atoms with Crippen LogP contribution in [0.15, 0.2) is 0 Å². The molecule has 0 rings (SSSR count). The Kier molecular flexibility index (Phi) is 2.78. The molecular weight excluding hydrogens is 70.1 g/mol. The van der Waals surface area contributed by atoms with Crippen LogP contribution >= 0.6 is 11.9 Å². The van der Waals surface area contributed by atoms with Gasteiger partial charge in [-0.3, -0.25) is 5.14 Å². The smallest absolute Gasteiger partial charge is 0.00468 e. The van der Waals surface area contributed by atoms with Crippen molar-refractivity contribution in [3.63, 3.8) is 0 Å². The van der Waals surface area contributed by atoms with Gasteiger partial charge in [0.25, 0.3) is 0 Å². The first-order valence-corrected chi connectivity index (χ1v) is 1.61. The molecule has 0 saturated carbocycles. The van der Waals surface area contributed by atoms with E-state index in [1.165, 1.54) is 0 Å². The van der Waals surface area contributed by atoms with Crippen LogP contribution in [-0.2, 0) is 0 Å². The van der Waals surface area contributed by atoms with Crippen LogP contribution in [0.2, 0.25) is 0 Å². The van der Waals surface area contributed by atoms with Crippen LogP contribution in [-0.4, -0.2) is 0 Å². The first kappa shape index (κ1) is 3.87. The van der Waals surface area contributed by atoms with E-state index in [0.29, 0.717) is 0 Å². The third-order valence-corrected chi connectivity index (χ3v) is 0.204. The minimum Gasteiger partial charge on any atom is -0.267 e. The van der Waals surface area contributed by atoms with Gasteiger partial charge in [0.05, 0.1) is 0 Å². The molecule has 0 aliphatic rings. The molecule has 0 aromatic carbocycles. The van der Waals surface area contributed by atoms with E-state index in [1.807, 2.05) is 0 Å². The molecule has 0 aromatic rings. The summed E-state index contributed by atoms with van der Waals surface area (Å²) in [4.78, 5) is 0. The van der Waals surface area contributed by atoms with E-state index < -0.39 is 0 Å². The third kappa shape index (κ3) is 1.87. The molecule has 0 saturated heterocycles. The zero-order valence-electron chi connectivity index (χ0n) is 2.06. The summed E-state index contributed by atoms with van der Waals surface area (Å²) in [6, 6.07) is 0. The number of hydrogen-bond acceptors (Lipinski definition) is 2. The van der Waals surface area contributed by atoms with Crippen LogP contribution in [0.5, 0.6) is 0 Å². The molecule has 0 radical (unpaired) electrons. The maximum Gasteiger partial charge on any atom is 0.00468 e. The molecule has 22 valence electrons. The van der Waals surface area contributed by atoms with Gasteiger partial charge in [0.15, 0.2) is 0 Å². The highest BCUT2D eigenvalue weighted by Crippen LogP contribution is 1.69. The van der Waals surface area contributed by atoms with E-state index in [2.05, 4.69) is 11.7 Å². The van der Waals surface area contributed by atoms with E-state index in [0.717, 1.165) is 11.9 Å². The van der Waals surface area contributed by atoms with Crippen molar-refractivity contribution in [2.45, 2.75) is 0 Å². The number of terminal acetylenes is 1. The molecule has 2 heteroatoms. The number of rotatable bonds is 0. The molecule has 2 N–H and O–H groups in total. The Morgan fingerprint density at radius 1 is 2.00 bits per heavy atom. The maximum atomic E-state index is 4.71. The zero-order chi connectivity index (χ0) is 3.41. The quantitative estimate of drug-likeness (QED) is 0.327. The topological polar surface area (TPSA) is 26.0 Å². The summed E-state index contributed by atoms with van der Waals surface area (Å²) < 4.78 is 0. The second-order valence-electron chi connectivity index (χ2n) is 0.236. The molecule has 0 heterocycles. The molecule has 1 nitrogen and oxygen atoms in total. The van der Waals surface area contributed by atoms with Gasteiger partial charge in [-0.05, 0) is 5.25 Å². The van der Waals surface area contributed by atoms with E-state index in [-0.39, 0.29) is 0 Å². The van der Waals surface area contributed by atoms with Crippen molar-refractivity contribution in [2.75, 3.05) is 0 Å². The van der Waals surface area contributed by atoms with Crippen molar-refractivity contribution in [1.29, 1.82) is 0 Å². The van der Waals surface area contributed by atoms with Crippen molar-refractivity contribution >= 4 is 11.9 Å². The van der Waals surface area contributed by atoms with Crippen LogP contribution in [0.1, 0.15) is 0 Å². The lowest BCUT2D eigenvalue weighted by Gasteiger charge is -1.55. The molecule has 0 atom stereocenters. The largest absolute Gasteiger partial charge is 0.267 e. The SMILES string of the molecule is C#CSN. The minimum absolute atomic E-state index is 0.884. The van der Waals surface area contributed by atoms with Gasteiger partial charge in [0.1, 0.15) is 0 Å². The van der Waals surface area contributed by atoms with Crippen molar-refractivity contribution in [1.82, 2.24) is 0 Å². The van der Waals surface area contributed by atoms with Crippen molar-refractivity contribution in [2.24, 2.45) is 5.14 Å². The monoisotopic (exact) mass is 73.0 g/mol. The number of hydrogen-bond donors (Lipinski definition) is 1. The molecule has 0 aliphatic heterocycles. The molecule has 0 unspecified atom stereocenters. The van der Waals surface area contributed by atoms with Crippen molar-refractivity contribution in [3.8, 4) is 11.7 Å². The normalized spacial score (nSPS) is 5.00. The van der Waals surface area contributed by atoms with Crippen molar-refractivity contribution < 1.29 is 0 Å². The fourth-order valence-corrected chi connectivity index (χ4v) is 0. The summed E-state index contributed by atoms with van der Waals surface area (Å²) in [6.45, 7) is 0. The standard InChI is InChI=1S/C2H3NS/c1-2-4-3/h1H,3H2. The molecule has 0 fully saturated rings. The Labute approximate surface area is 29.7 Å². The van der Waals surface area contributed by atoms with Crippen LogP contribution < -0.4 is 5.14 Å². The van der Waals surface area contributed by atoms with Gasteiger partial charge in [-0.2, -0.15) is 0 Å². The van der Waals surface area contributed by atoms with Gasteiger partial charge in [0, 0.05) is 11.9 Å². The van der Waals surface area contributed by atoms with E-state index in [1.54, 1.807) is 0 Å². The van der Waals surface area contributed by atoms with E-state index in [9.17, 15) is 0 Å².